The SMILES string of the molecule is Cc1ccc(COc2ccc(/C=N\NC(=O)c3cccc(C(F)(F)F)c3)cc2Br)cc1. The van der Waals surface area contributed by atoms with E-state index < -0.39 is 17.6 Å². The van der Waals surface area contributed by atoms with E-state index in [9.17, 15) is 18.0 Å². The van der Waals surface area contributed by atoms with Gasteiger partial charge in [-0.1, -0.05) is 35.9 Å². The Labute approximate surface area is 185 Å². The van der Waals surface area contributed by atoms with Crippen molar-refractivity contribution >= 4 is 28.1 Å². The Balaban J connectivity index is 1.59. The van der Waals surface area contributed by atoms with E-state index in [0.29, 0.717) is 22.4 Å². The van der Waals surface area contributed by atoms with E-state index >= 15 is 0 Å². The summed E-state index contributed by atoms with van der Waals surface area (Å²) >= 11 is 3.44. The molecular formula is C23H18BrF3N2O2. The highest BCUT2D eigenvalue weighted by Gasteiger charge is 2.30. The van der Waals surface area contributed by atoms with Gasteiger partial charge in [-0.2, -0.15) is 18.3 Å². The summed E-state index contributed by atoms with van der Waals surface area (Å²) in [5.74, 6) is -0.0924. The summed E-state index contributed by atoms with van der Waals surface area (Å²) in [7, 11) is 0. The summed E-state index contributed by atoms with van der Waals surface area (Å²) in [6.45, 7) is 2.43. The monoisotopic (exact) mass is 490 g/mol. The number of carbonyl (C=O) groups excluding carboxylic acids is 1. The second kappa shape index (κ2) is 9.78. The normalized spacial score (nSPS) is 11.5. The van der Waals surface area contributed by atoms with Crippen molar-refractivity contribution in [2.45, 2.75) is 19.7 Å². The van der Waals surface area contributed by atoms with Crippen molar-refractivity contribution in [3.05, 3.63) is 99.0 Å². The van der Waals surface area contributed by atoms with Gasteiger partial charge in [0, 0.05) is 5.56 Å². The van der Waals surface area contributed by atoms with Gasteiger partial charge in [-0.3, -0.25) is 4.79 Å². The molecule has 3 aromatic rings. The molecule has 0 aromatic heterocycles. The van der Waals surface area contributed by atoms with E-state index in [1.807, 2.05) is 31.2 Å². The highest BCUT2D eigenvalue weighted by molar-refractivity contribution is 9.10. The summed E-state index contributed by atoms with van der Waals surface area (Å²) in [6, 6.07) is 17.4. The molecule has 0 saturated carbocycles. The number of rotatable bonds is 6. The third-order valence-electron chi connectivity index (χ3n) is 4.30. The molecule has 0 bridgehead atoms. The van der Waals surface area contributed by atoms with E-state index in [0.717, 1.165) is 17.7 Å². The molecule has 160 valence electrons. The minimum Gasteiger partial charge on any atom is -0.488 e. The average molecular weight is 491 g/mol. The first-order valence-corrected chi connectivity index (χ1v) is 10.0. The van der Waals surface area contributed by atoms with Crippen LogP contribution in [-0.4, -0.2) is 12.1 Å². The first-order chi connectivity index (χ1) is 14.7. The maximum absolute atomic E-state index is 12.8. The van der Waals surface area contributed by atoms with Gasteiger partial charge < -0.3 is 4.74 Å². The van der Waals surface area contributed by atoms with E-state index in [1.54, 1.807) is 18.2 Å². The Bertz CT molecular complexity index is 1100. The van der Waals surface area contributed by atoms with Gasteiger partial charge in [0.05, 0.1) is 16.3 Å². The molecule has 31 heavy (non-hydrogen) atoms. The molecule has 1 N–H and O–H groups in total. The van der Waals surface area contributed by atoms with Crippen LogP contribution >= 0.6 is 15.9 Å². The highest BCUT2D eigenvalue weighted by Crippen LogP contribution is 2.29. The Morgan fingerprint density at radius 2 is 1.84 bits per heavy atom. The Morgan fingerprint density at radius 1 is 1.10 bits per heavy atom. The van der Waals surface area contributed by atoms with Crippen LogP contribution in [0, 0.1) is 6.92 Å². The number of nitrogens with one attached hydrogen (secondary N) is 1. The second-order valence-electron chi connectivity index (χ2n) is 6.74. The lowest BCUT2D eigenvalue weighted by Crippen LogP contribution is -2.18. The maximum atomic E-state index is 12.8. The van der Waals surface area contributed by atoms with Crippen molar-refractivity contribution in [3.63, 3.8) is 0 Å². The van der Waals surface area contributed by atoms with E-state index in [1.165, 1.54) is 23.9 Å². The Kier molecular flexibility index (Phi) is 7.12. The number of alkyl halides is 3. The van der Waals surface area contributed by atoms with E-state index in [4.69, 9.17) is 4.74 Å². The lowest BCUT2D eigenvalue weighted by Gasteiger charge is -2.09. The molecule has 0 saturated heterocycles. The number of hydrazone groups is 1. The third-order valence-corrected chi connectivity index (χ3v) is 4.92. The Morgan fingerprint density at radius 3 is 2.52 bits per heavy atom. The number of halogens is 4. The van der Waals surface area contributed by atoms with Crippen LogP contribution in [0.3, 0.4) is 0 Å². The number of hydrogen-bond donors (Lipinski definition) is 1. The van der Waals surface area contributed by atoms with Crippen LogP contribution in [0.2, 0.25) is 0 Å². The zero-order valence-corrected chi connectivity index (χ0v) is 18.0. The molecule has 0 spiro atoms. The van der Waals surface area contributed by atoms with E-state index in [-0.39, 0.29) is 5.56 Å². The summed E-state index contributed by atoms with van der Waals surface area (Å²) in [4.78, 5) is 12.1. The smallest absolute Gasteiger partial charge is 0.416 e. The van der Waals surface area contributed by atoms with Crippen molar-refractivity contribution in [2.75, 3.05) is 0 Å². The summed E-state index contributed by atoms with van der Waals surface area (Å²) < 4.78 is 44.8. The van der Waals surface area contributed by atoms with E-state index in [2.05, 4.69) is 26.5 Å². The predicted molar refractivity (Wildman–Crippen MR) is 116 cm³/mol. The third kappa shape index (κ3) is 6.42. The van der Waals surface area contributed by atoms with Crippen LogP contribution in [0.25, 0.3) is 0 Å². The molecule has 3 aromatic carbocycles. The number of amides is 1. The molecule has 0 fully saturated rings. The van der Waals surface area contributed by atoms with Crippen molar-refractivity contribution in [1.29, 1.82) is 0 Å². The predicted octanol–water partition coefficient (Wildman–Crippen LogP) is 6.12. The molecule has 0 radical (unpaired) electrons. The van der Waals surface area contributed by atoms with Gasteiger partial charge in [-0.15, -0.1) is 0 Å². The van der Waals surface area contributed by atoms with Crippen LogP contribution in [0.4, 0.5) is 13.2 Å². The highest BCUT2D eigenvalue weighted by atomic mass is 79.9. The molecule has 4 nitrogen and oxygen atoms in total. The number of hydrogen-bond acceptors (Lipinski definition) is 3. The van der Waals surface area contributed by atoms with Crippen molar-refractivity contribution < 1.29 is 22.7 Å². The lowest BCUT2D eigenvalue weighted by atomic mass is 10.1. The summed E-state index contributed by atoms with van der Waals surface area (Å²) in [5, 5.41) is 3.81. The minimum atomic E-state index is -4.52. The van der Waals surface area contributed by atoms with Gasteiger partial charge in [0.1, 0.15) is 12.4 Å². The molecule has 0 unspecified atom stereocenters. The molecule has 1 amide bonds. The standard InChI is InChI=1S/C23H18BrF3N2O2/c1-15-5-7-16(8-6-15)14-31-21-10-9-17(11-20(21)24)13-28-29-22(30)18-3-2-4-19(12-18)23(25,26)27/h2-13H,14H2,1H3,(H,29,30)/b28-13-. The van der Waals surface area contributed by atoms with Crippen LogP contribution in [0.1, 0.15) is 32.6 Å². The molecule has 0 aliphatic carbocycles. The molecular weight excluding hydrogens is 473 g/mol. The number of benzene rings is 3. The zero-order valence-electron chi connectivity index (χ0n) is 16.4. The van der Waals surface area contributed by atoms with Crippen LogP contribution in [0.5, 0.6) is 5.75 Å². The molecule has 8 heteroatoms. The quantitative estimate of drug-likeness (QED) is 0.334. The first-order valence-electron chi connectivity index (χ1n) is 9.21. The zero-order chi connectivity index (χ0) is 22.4. The number of aryl methyl sites for hydroxylation is 1. The van der Waals surface area contributed by atoms with Gasteiger partial charge >= 0.3 is 6.18 Å². The maximum Gasteiger partial charge on any atom is 0.416 e. The van der Waals surface area contributed by atoms with Gasteiger partial charge in [-0.25, -0.2) is 5.43 Å². The molecule has 0 aliphatic rings. The van der Waals surface area contributed by atoms with Crippen molar-refractivity contribution in [1.82, 2.24) is 5.43 Å². The molecule has 0 heterocycles. The van der Waals surface area contributed by atoms with Crippen LogP contribution < -0.4 is 10.2 Å². The van der Waals surface area contributed by atoms with Gasteiger partial charge in [0.15, 0.2) is 0 Å². The Hall–Kier alpha value is -3.13. The lowest BCUT2D eigenvalue weighted by molar-refractivity contribution is -0.137. The minimum absolute atomic E-state index is 0.131. The fourth-order valence-electron chi connectivity index (χ4n) is 2.63. The molecule has 0 aliphatic heterocycles. The topological polar surface area (TPSA) is 50.7 Å². The molecule has 3 rings (SSSR count). The fraction of sp³-hybridized carbons (Fsp3) is 0.130. The average Bonchev–Trinajstić information content (AvgIpc) is 2.74. The molecule has 0 atom stereocenters. The van der Waals surface area contributed by atoms with Crippen LogP contribution in [0.15, 0.2) is 76.3 Å². The summed E-state index contributed by atoms with van der Waals surface area (Å²) in [6.07, 6.45) is -3.13. The number of nitrogens with zero attached hydrogens (tertiary/aromatic N) is 1. The van der Waals surface area contributed by atoms with Crippen molar-refractivity contribution in [2.24, 2.45) is 5.10 Å². The largest absolute Gasteiger partial charge is 0.488 e. The number of ether oxygens (including phenoxy) is 1. The number of carbonyl (C=O) groups is 1. The van der Waals surface area contributed by atoms with Gasteiger partial charge in [0.2, 0.25) is 0 Å². The second-order valence-corrected chi connectivity index (χ2v) is 7.60. The van der Waals surface area contributed by atoms with Gasteiger partial charge in [0.25, 0.3) is 5.91 Å². The first kappa shape index (κ1) is 22.6. The van der Waals surface area contributed by atoms with Crippen molar-refractivity contribution in [3.8, 4) is 5.75 Å². The van der Waals surface area contributed by atoms with Gasteiger partial charge in [-0.05, 0) is 70.4 Å². The summed E-state index contributed by atoms with van der Waals surface area (Å²) in [5.41, 5.74) is 4.08. The fourth-order valence-corrected chi connectivity index (χ4v) is 3.14. The van der Waals surface area contributed by atoms with Crippen LogP contribution in [-0.2, 0) is 12.8 Å².